The summed E-state index contributed by atoms with van der Waals surface area (Å²) in [6.45, 7) is 0. The van der Waals surface area contributed by atoms with Crippen LogP contribution in [0.1, 0.15) is 0 Å². The standard InChI is InChI=1S/C60H36O2S2Si/c1-3-15-39(16-4-1)65(40-17-5-2-6-18-40,55-29-13-24-46-49-35-38(31-33-52(49)62-58(46)55)42-22-12-25-47-44-20-8-10-28-53(44)63-59(42)47)56-30-14-26-48-50-36-37(32-34-54(50)64-60(48)56)41-21-11-23-45-43-19-7-9-27-51(43)61-57(41)45/h1-36H. The molecule has 0 unspecified atom stereocenters. The maximum absolute atomic E-state index is 7.20. The van der Waals surface area contributed by atoms with E-state index in [9.17, 15) is 0 Å². The Hall–Kier alpha value is -7.54. The smallest absolute Gasteiger partial charge is 0.185 e. The Kier molecular flexibility index (Phi) is 8.08. The molecule has 10 aromatic carbocycles. The molecule has 0 radical (unpaired) electrons. The fraction of sp³-hybridized carbons (Fsp3) is 0. The van der Waals surface area contributed by atoms with Gasteiger partial charge >= 0.3 is 0 Å². The average molecular weight is 881 g/mol. The number of fused-ring (bicyclic) bond motifs is 12. The van der Waals surface area contributed by atoms with Gasteiger partial charge < -0.3 is 8.83 Å². The third-order valence-corrected chi connectivity index (χ3v) is 21.1. The third-order valence-electron chi connectivity index (χ3n) is 13.6. The van der Waals surface area contributed by atoms with Crippen molar-refractivity contribution in [3.63, 3.8) is 0 Å². The monoisotopic (exact) mass is 880 g/mol. The SMILES string of the molecule is c1ccc([Si](c2ccccc2)(c2cccc3c2oc2ccc(-c4cccc5c4sc4ccccc45)cc23)c2cccc3c2sc2ccc(-c4cccc5c4oc4ccccc45)cc23)cc1. The molecule has 65 heavy (non-hydrogen) atoms. The largest absolute Gasteiger partial charge is 0.456 e. The van der Waals surface area contributed by atoms with Crippen LogP contribution in [0.2, 0.25) is 0 Å². The van der Waals surface area contributed by atoms with Gasteiger partial charge in [-0.15, -0.1) is 22.7 Å². The number of thiophene rings is 2. The number of hydrogen-bond donors (Lipinski definition) is 0. The van der Waals surface area contributed by atoms with Crippen molar-refractivity contribution in [3.8, 4) is 22.3 Å². The third kappa shape index (κ3) is 5.38. The molecule has 0 atom stereocenters. The van der Waals surface area contributed by atoms with Crippen molar-refractivity contribution in [1.82, 2.24) is 0 Å². The van der Waals surface area contributed by atoms with Gasteiger partial charge in [0.05, 0.1) is 0 Å². The predicted molar refractivity (Wildman–Crippen MR) is 281 cm³/mol. The first-order valence-corrected chi connectivity index (χ1v) is 25.7. The highest BCUT2D eigenvalue weighted by Gasteiger charge is 2.45. The van der Waals surface area contributed by atoms with Crippen molar-refractivity contribution in [2.24, 2.45) is 0 Å². The Balaban J connectivity index is 1.02. The summed E-state index contributed by atoms with van der Waals surface area (Å²) in [6.07, 6.45) is 0. The van der Waals surface area contributed by atoms with Crippen LogP contribution in [-0.2, 0) is 0 Å². The summed E-state index contributed by atoms with van der Waals surface area (Å²) in [7, 11) is -3.12. The van der Waals surface area contributed by atoms with Crippen LogP contribution in [0, 0.1) is 0 Å². The summed E-state index contributed by atoms with van der Waals surface area (Å²) in [6, 6.07) is 80.4. The van der Waals surface area contributed by atoms with E-state index < -0.39 is 8.07 Å². The fourth-order valence-corrected chi connectivity index (χ4v) is 18.7. The Morgan fingerprint density at radius 3 is 1.63 bits per heavy atom. The molecule has 14 aromatic rings. The lowest BCUT2D eigenvalue weighted by Crippen LogP contribution is -2.74. The van der Waals surface area contributed by atoms with Gasteiger partial charge in [0.15, 0.2) is 8.07 Å². The van der Waals surface area contributed by atoms with E-state index in [0.29, 0.717) is 0 Å². The van der Waals surface area contributed by atoms with Crippen molar-refractivity contribution >= 4 is 136 Å². The van der Waals surface area contributed by atoms with E-state index in [1.54, 1.807) is 0 Å². The Morgan fingerprint density at radius 2 is 0.831 bits per heavy atom. The first-order valence-electron chi connectivity index (χ1n) is 22.1. The average Bonchev–Trinajstić information content (AvgIpc) is 4.15. The van der Waals surface area contributed by atoms with E-state index >= 15 is 0 Å². The molecule has 0 saturated heterocycles. The lowest BCUT2D eigenvalue weighted by atomic mass is 10.0. The quantitative estimate of drug-likeness (QED) is 0.123. The summed E-state index contributed by atoms with van der Waals surface area (Å²) in [5.41, 5.74) is 8.40. The molecule has 0 saturated carbocycles. The molecule has 0 fully saturated rings. The van der Waals surface area contributed by atoms with Gasteiger partial charge in [-0.1, -0.05) is 182 Å². The Morgan fingerprint density at radius 1 is 0.308 bits per heavy atom. The van der Waals surface area contributed by atoms with Crippen molar-refractivity contribution in [3.05, 3.63) is 218 Å². The molecular formula is C60H36O2S2Si. The minimum atomic E-state index is -3.12. The van der Waals surface area contributed by atoms with Crippen LogP contribution in [0.25, 0.3) is 106 Å². The van der Waals surface area contributed by atoms with E-state index in [-0.39, 0.29) is 0 Å². The van der Waals surface area contributed by atoms with Gasteiger partial charge in [0.2, 0.25) is 0 Å². The van der Waals surface area contributed by atoms with Crippen LogP contribution >= 0.6 is 22.7 Å². The highest BCUT2D eigenvalue weighted by molar-refractivity contribution is 7.31. The number of hydrogen-bond acceptors (Lipinski definition) is 4. The first-order chi connectivity index (χ1) is 32.2. The summed E-state index contributed by atoms with van der Waals surface area (Å²) in [5, 5.41) is 14.9. The highest BCUT2D eigenvalue weighted by atomic mass is 32.1. The van der Waals surface area contributed by atoms with Crippen molar-refractivity contribution < 1.29 is 8.83 Å². The van der Waals surface area contributed by atoms with Gasteiger partial charge in [-0.05, 0) is 73.8 Å². The van der Waals surface area contributed by atoms with Gasteiger partial charge in [0.25, 0.3) is 0 Å². The molecule has 5 heteroatoms. The highest BCUT2D eigenvalue weighted by Crippen LogP contribution is 2.43. The minimum absolute atomic E-state index is 0.899. The maximum Gasteiger partial charge on any atom is 0.185 e. The van der Waals surface area contributed by atoms with Gasteiger partial charge in [-0.25, -0.2) is 0 Å². The molecule has 4 heterocycles. The van der Waals surface area contributed by atoms with E-state index in [2.05, 4.69) is 212 Å². The molecule has 4 aromatic heterocycles. The number of benzene rings is 10. The van der Waals surface area contributed by atoms with Gasteiger partial charge in [-0.2, -0.15) is 0 Å². The summed E-state index contributed by atoms with van der Waals surface area (Å²) >= 11 is 3.78. The number of para-hydroxylation sites is 3. The second-order valence-corrected chi connectivity index (χ2v) is 22.9. The Bertz CT molecular complexity index is 3920. The zero-order valence-corrected chi connectivity index (χ0v) is 37.6. The summed E-state index contributed by atoms with van der Waals surface area (Å²) < 4.78 is 19.0. The molecule has 304 valence electrons. The van der Waals surface area contributed by atoms with Crippen LogP contribution < -0.4 is 20.7 Å². The van der Waals surface area contributed by atoms with Crippen molar-refractivity contribution in [2.75, 3.05) is 0 Å². The summed E-state index contributed by atoms with van der Waals surface area (Å²) in [4.78, 5) is 0. The molecule has 0 aliphatic carbocycles. The maximum atomic E-state index is 7.20. The fourth-order valence-electron chi connectivity index (χ4n) is 10.8. The first kappa shape index (κ1) is 36.9. The Labute approximate surface area is 382 Å². The molecule has 0 amide bonds. The van der Waals surface area contributed by atoms with Crippen LogP contribution in [0.4, 0.5) is 0 Å². The van der Waals surface area contributed by atoms with E-state index in [1.165, 1.54) is 72.2 Å². The molecule has 14 rings (SSSR count). The lowest BCUT2D eigenvalue weighted by molar-refractivity contribution is 0.670. The van der Waals surface area contributed by atoms with Crippen LogP contribution in [0.5, 0.6) is 0 Å². The lowest BCUT2D eigenvalue weighted by Gasteiger charge is -2.34. The van der Waals surface area contributed by atoms with Gasteiger partial charge in [-0.3, -0.25) is 0 Å². The number of rotatable bonds is 6. The molecule has 2 nitrogen and oxygen atoms in total. The molecule has 0 spiro atoms. The van der Waals surface area contributed by atoms with Gasteiger partial charge in [0, 0.05) is 67.5 Å². The van der Waals surface area contributed by atoms with Crippen LogP contribution in [0.3, 0.4) is 0 Å². The molecular weight excluding hydrogens is 845 g/mol. The zero-order valence-electron chi connectivity index (χ0n) is 34.9. The van der Waals surface area contributed by atoms with Crippen LogP contribution in [-0.4, -0.2) is 8.07 Å². The van der Waals surface area contributed by atoms with Crippen molar-refractivity contribution in [2.45, 2.75) is 0 Å². The second-order valence-electron chi connectivity index (χ2n) is 17.0. The van der Waals surface area contributed by atoms with E-state index in [0.717, 1.165) is 55.0 Å². The normalized spacial score (nSPS) is 12.3. The molecule has 0 N–H and O–H groups in total. The zero-order chi connectivity index (χ0) is 42.6. The van der Waals surface area contributed by atoms with E-state index in [4.69, 9.17) is 8.83 Å². The topological polar surface area (TPSA) is 26.3 Å². The predicted octanol–water partition coefficient (Wildman–Crippen LogP) is 14.9. The van der Waals surface area contributed by atoms with Crippen LogP contribution in [0.15, 0.2) is 227 Å². The summed E-state index contributed by atoms with van der Waals surface area (Å²) in [5.74, 6) is 0. The van der Waals surface area contributed by atoms with Crippen molar-refractivity contribution in [1.29, 1.82) is 0 Å². The van der Waals surface area contributed by atoms with E-state index in [1.807, 2.05) is 28.7 Å². The molecule has 0 aliphatic rings. The second kappa shape index (κ2) is 14.2. The molecule has 0 aliphatic heterocycles. The molecule has 0 bridgehead atoms. The van der Waals surface area contributed by atoms with Gasteiger partial charge in [0.1, 0.15) is 22.3 Å². The number of furan rings is 2. The minimum Gasteiger partial charge on any atom is -0.456 e.